The van der Waals surface area contributed by atoms with Gasteiger partial charge in [-0.05, 0) is 52.4 Å². The predicted molar refractivity (Wildman–Crippen MR) is 89.1 cm³/mol. The van der Waals surface area contributed by atoms with E-state index in [1.54, 1.807) is 0 Å². The van der Waals surface area contributed by atoms with E-state index in [9.17, 15) is 4.79 Å². The van der Waals surface area contributed by atoms with Gasteiger partial charge in [0.15, 0.2) is 11.4 Å². The molecule has 1 amide bonds. The summed E-state index contributed by atoms with van der Waals surface area (Å²) in [7, 11) is 2.09. The van der Waals surface area contributed by atoms with Crippen LogP contribution in [-0.2, 0) is 0 Å². The second kappa shape index (κ2) is 6.58. The molecule has 0 saturated carbocycles. The lowest BCUT2D eigenvalue weighted by molar-refractivity contribution is 0.0906. The molecule has 6 heteroatoms. The van der Waals surface area contributed by atoms with Gasteiger partial charge in [0.2, 0.25) is 0 Å². The highest BCUT2D eigenvalue weighted by Gasteiger charge is 2.23. The number of amides is 1. The van der Waals surface area contributed by atoms with Gasteiger partial charge < -0.3 is 15.0 Å². The molecule has 1 N–H and O–H groups in total. The number of likely N-dealkylation sites (tertiary alicyclic amines) is 1. The summed E-state index contributed by atoms with van der Waals surface area (Å²) in [6, 6.07) is 3.95. The number of rotatable bonds is 4. The summed E-state index contributed by atoms with van der Waals surface area (Å²) in [6.45, 7) is 6.36. The van der Waals surface area contributed by atoms with Crippen molar-refractivity contribution < 1.29 is 9.53 Å². The zero-order chi connectivity index (χ0) is 16.4. The smallest absolute Gasteiger partial charge is 0.270 e. The molecule has 1 fully saturated rings. The van der Waals surface area contributed by atoms with Crippen molar-refractivity contribution in [3.05, 3.63) is 29.7 Å². The number of carbonyl (C=O) groups excluding carboxylic acids is 1. The first-order chi connectivity index (χ1) is 11.1. The van der Waals surface area contributed by atoms with E-state index < -0.39 is 0 Å². The second-order valence-electron chi connectivity index (χ2n) is 6.12. The first-order valence-electron chi connectivity index (χ1n) is 8.20. The Hall–Kier alpha value is -2.08. The lowest BCUT2D eigenvalue weighted by atomic mass is 10.1. The Morgan fingerprint density at radius 1 is 1.52 bits per heavy atom. The van der Waals surface area contributed by atoms with Crippen LogP contribution in [0, 0.1) is 6.92 Å². The summed E-state index contributed by atoms with van der Waals surface area (Å²) in [5, 5.41) is 3.15. The first kappa shape index (κ1) is 15.8. The molecule has 0 radical (unpaired) electrons. The minimum atomic E-state index is -0.0658. The van der Waals surface area contributed by atoms with Gasteiger partial charge in [-0.1, -0.05) is 0 Å². The van der Waals surface area contributed by atoms with Crippen molar-refractivity contribution in [2.24, 2.45) is 0 Å². The van der Waals surface area contributed by atoms with Crippen molar-refractivity contribution in [1.29, 1.82) is 0 Å². The van der Waals surface area contributed by atoms with Crippen molar-refractivity contribution in [1.82, 2.24) is 19.6 Å². The number of imidazole rings is 1. The quantitative estimate of drug-likeness (QED) is 0.935. The summed E-state index contributed by atoms with van der Waals surface area (Å²) in [4.78, 5) is 19.5. The molecule has 3 rings (SSSR count). The van der Waals surface area contributed by atoms with Crippen molar-refractivity contribution in [3.63, 3.8) is 0 Å². The molecule has 1 atom stereocenters. The van der Waals surface area contributed by atoms with Crippen LogP contribution < -0.4 is 10.1 Å². The Morgan fingerprint density at radius 2 is 2.35 bits per heavy atom. The van der Waals surface area contributed by atoms with Crippen LogP contribution >= 0.6 is 0 Å². The van der Waals surface area contributed by atoms with Crippen LogP contribution in [0.4, 0.5) is 0 Å². The Bertz CT molecular complexity index is 710. The van der Waals surface area contributed by atoms with Crippen LogP contribution in [0.15, 0.2) is 18.3 Å². The maximum absolute atomic E-state index is 12.8. The van der Waals surface area contributed by atoms with Crippen molar-refractivity contribution >= 4 is 11.6 Å². The summed E-state index contributed by atoms with van der Waals surface area (Å²) in [5.41, 5.74) is 2.01. The highest BCUT2D eigenvalue weighted by molar-refractivity contribution is 5.95. The molecule has 0 aromatic carbocycles. The standard InChI is InChI=1S/C17H24N4O2/c1-4-23-14-8-6-10-21-15(12(2)18-16(14)21)17(22)19-13-7-5-9-20(3)11-13/h6,8,10,13H,4-5,7,9,11H2,1-3H3,(H,19,22)/t13-/m0/s1. The summed E-state index contributed by atoms with van der Waals surface area (Å²) in [5.74, 6) is 0.637. The number of aryl methyl sites for hydroxylation is 1. The highest BCUT2D eigenvalue weighted by Crippen LogP contribution is 2.22. The van der Waals surface area contributed by atoms with Gasteiger partial charge in [-0.2, -0.15) is 0 Å². The van der Waals surface area contributed by atoms with Gasteiger partial charge in [-0.3, -0.25) is 9.20 Å². The van der Waals surface area contributed by atoms with E-state index in [1.165, 1.54) is 0 Å². The number of fused-ring (bicyclic) bond motifs is 1. The average Bonchev–Trinajstić information content (AvgIpc) is 2.84. The van der Waals surface area contributed by atoms with Crippen molar-refractivity contribution in [3.8, 4) is 5.75 Å². The molecule has 2 aromatic heterocycles. The highest BCUT2D eigenvalue weighted by atomic mass is 16.5. The number of piperidine rings is 1. The second-order valence-corrected chi connectivity index (χ2v) is 6.12. The van der Waals surface area contributed by atoms with Crippen LogP contribution in [0.2, 0.25) is 0 Å². The van der Waals surface area contributed by atoms with Gasteiger partial charge >= 0.3 is 0 Å². The third kappa shape index (κ3) is 3.17. The van der Waals surface area contributed by atoms with Crippen LogP contribution in [0.25, 0.3) is 5.65 Å². The van der Waals surface area contributed by atoms with E-state index in [2.05, 4.69) is 22.2 Å². The molecule has 1 saturated heterocycles. The maximum atomic E-state index is 12.8. The van der Waals surface area contributed by atoms with Crippen molar-refractivity contribution in [2.75, 3.05) is 26.7 Å². The monoisotopic (exact) mass is 316 g/mol. The van der Waals surface area contributed by atoms with Crippen LogP contribution in [0.3, 0.4) is 0 Å². The predicted octanol–water partition coefficient (Wildman–Crippen LogP) is 1.87. The Labute approximate surface area is 136 Å². The molecule has 0 aliphatic carbocycles. The van der Waals surface area contributed by atoms with Gasteiger partial charge in [0.1, 0.15) is 5.69 Å². The fourth-order valence-corrected chi connectivity index (χ4v) is 3.24. The lowest BCUT2D eigenvalue weighted by Gasteiger charge is -2.30. The zero-order valence-electron chi connectivity index (χ0n) is 14.0. The van der Waals surface area contributed by atoms with Gasteiger partial charge in [-0.25, -0.2) is 4.98 Å². The first-order valence-corrected chi connectivity index (χ1v) is 8.20. The van der Waals surface area contributed by atoms with E-state index in [0.29, 0.717) is 23.7 Å². The molecule has 0 spiro atoms. The lowest BCUT2D eigenvalue weighted by Crippen LogP contribution is -2.46. The Balaban J connectivity index is 1.88. The minimum absolute atomic E-state index is 0.0658. The van der Waals surface area contributed by atoms with Gasteiger partial charge in [0.05, 0.1) is 12.3 Å². The average molecular weight is 316 g/mol. The largest absolute Gasteiger partial charge is 0.490 e. The molecule has 3 heterocycles. The van der Waals surface area contributed by atoms with Gasteiger partial charge in [0, 0.05) is 18.8 Å². The third-order valence-corrected chi connectivity index (χ3v) is 4.26. The summed E-state index contributed by atoms with van der Waals surface area (Å²) < 4.78 is 7.43. The molecule has 23 heavy (non-hydrogen) atoms. The number of likely N-dealkylation sites (N-methyl/N-ethyl adjacent to an activating group) is 1. The number of nitrogens with zero attached hydrogens (tertiary/aromatic N) is 3. The number of aromatic nitrogens is 2. The summed E-state index contributed by atoms with van der Waals surface area (Å²) >= 11 is 0. The van der Waals surface area contributed by atoms with E-state index in [-0.39, 0.29) is 11.9 Å². The molecular weight excluding hydrogens is 292 g/mol. The van der Waals surface area contributed by atoms with Crippen LogP contribution in [0.5, 0.6) is 5.75 Å². The Kier molecular flexibility index (Phi) is 4.52. The van der Waals surface area contributed by atoms with Crippen molar-refractivity contribution in [2.45, 2.75) is 32.7 Å². The fraction of sp³-hybridized carbons (Fsp3) is 0.529. The van der Waals surface area contributed by atoms with Gasteiger partial charge in [-0.15, -0.1) is 0 Å². The van der Waals surface area contributed by atoms with E-state index in [1.807, 2.05) is 36.6 Å². The molecule has 6 nitrogen and oxygen atoms in total. The molecule has 2 aromatic rings. The number of ether oxygens (including phenoxy) is 1. The molecule has 1 aliphatic rings. The normalized spacial score (nSPS) is 19.0. The zero-order valence-corrected chi connectivity index (χ0v) is 14.0. The SMILES string of the molecule is CCOc1cccn2c(C(=O)N[C@H]3CCCN(C)C3)c(C)nc12. The fourth-order valence-electron chi connectivity index (χ4n) is 3.24. The third-order valence-electron chi connectivity index (χ3n) is 4.26. The van der Waals surface area contributed by atoms with Crippen LogP contribution in [0.1, 0.15) is 35.9 Å². The van der Waals surface area contributed by atoms with E-state index in [4.69, 9.17) is 4.74 Å². The number of carbonyl (C=O) groups is 1. The Morgan fingerprint density at radius 3 is 3.09 bits per heavy atom. The molecule has 0 unspecified atom stereocenters. The minimum Gasteiger partial charge on any atom is -0.490 e. The number of hydrogen-bond acceptors (Lipinski definition) is 4. The van der Waals surface area contributed by atoms with E-state index in [0.717, 1.165) is 31.6 Å². The summed E-state index contributed by atoms with van der Waals surface area (Å²) in [6.07, 6.45) is 4.00. The number of nitrogens with one attached hydrogen (secondary N) is 1. The molecule has 1 aliphatic heterocycles. The number of hydrogen-bond donors (Lipinski definition) is 1. The molecular formula is C17H24N4O2. The number of pyridine rings is 1. The maximum Gasteiger partial charge on any atom is 0.270 e. The van der Waals surface area contributed by atoms with Gasteiger partial charge in [0.25, 0.3) is 5.91 Å². The topological polar surface area (TPSA) is 58.9 Å². The van der Waals surface area contributed by atoms with Crippen LogP contribution in [-0.4, -0.2) is 53.0 Å². The van der Waals surface area contributed by atoms with E-state index >= 15 is 0 Å². The molecule has 124 valence electrons. The molecule has 0 bridgehead atoms.